The Morgan fingerprint density at radius 1 is 1.28 bits per heavy atom. The molecule has 1 aliphatic rings. The lowest BCUT2D eigenvalue weighted by Crippen LogP contribution is -2.43. The third-order valence-corrected chi connectivity index (χ3v) is 2.77. The number of ether oxygens (including phenoxy) is 1. The molecule has 108 valence electrons. The summed E-state index contributed by atoms with van der Waals surface area (Å²) in [5.74, 6) is 0. The minimum absolute atomic E-state index is 0.0494. The number of nitrogens with zero attached hydrogens (tertiary/aromatic N) is 1. The van der Waals surface area contributed by atoms with E-state index in [4.69, 9.17) is 4.74 Å². The molecule has 1 saturated heterocycles. The van der Waals surface area contributed by atoms with Crippen LogP contribution in [0, 0.1) is 0 Å². The van der Waals surface area contributed by atoms with E-state index in [0.717, 1.165) is 13.1 Å². The molecular weight excluding hydrogens is 249 g/mol. The summed E-state index contributed by atoms with van der Waals surface area (Å²) in [6.45, 7) is 4.08. The van der Waals surface area contributed by atoms with Gasteiger partial charge in [-0.05, 0) is 13.0 Å². The lowest BCUT2D eigenvalue weighted by molar-refractivity contribution is -0.135. The van der Waals surface area contributed by atoms with Crippen molar-refractivity contribution in [2.45, 2.75) is 25.1 Å². The number of nitrogens with one attached hydrogen (secondary N) is 1. The number of hydrogen-bond acceptors (Lipinski definition) is 4. The molecule has 0 aromatic rings. The lowest BCUT2D eigenvalue weighted by atomic mass is 10.2. The molecule has 0 spiro atoms. The highest BCUT2D eigenvalue weighted by atomic mass is 19.4. The largest absolute Gasteiger partial charge is 0.390 e. The normalized spacial score (nSPS) is 20.0. The Labute approximate surface area is 105 Å². The molecule has 2 N–H and O–H groups in total. The second-order valence-electron chi connectivity index (χ2n) is 4.49. The van der Waals surface area contributed by atoms with Gasteiger partial charge < -0.3 is 15.2 Å². The van der Waals surface area contributed by atoms with Crippen LogP contribution in [0.2, 0.25) is 0 Å². The molecule has 0 radical (unpaired) electrons. The van der Waals surface area contributed by atoms with Gasteiger partial charge >= 0.3 is 6.18 Å². The molecule has 1 unspecified atom stereocenters. The average molecular weight is 270 g/mol. The van der Waals surface area contributed by atoms with Crippen LogP contribution in [0.5, 0.6) is 0 Å². The van der Waals surface area contributed by atoms with Gasteiger partial charge in [-0.2, -0.15) is 13.2 Å². The van der Waals surface area contributed by atoms with Gasteiger partial charge in [-0.25, -0.2) is 0 Å². The molecule has 18 heavy (non-hydrogen) atoms. The number of alkyl halides is 3. The van der Waals surface area contributed by atoms with Crippen LogP contribution in [0.15, 0.2) is 0 Å². The number of halogens is 3. The molecule has 1 fully saturated rings. The first kappa shape index (κ1) is 15.7. The van der Waals surface area contributed by atoms with Crippen LogP contribution in [0.25, 0.3) is 0 Å². The zero-order valence-corrected chi connectivity index (χ0v) is 10.4. The summed E-state index contributed by atoms with van der Waals surface area (Å²) in [5, 5.41) is 12.5. The monoisotopic (exact) mass is 270 g/mol. The molecule has 7 heteroatoms. The topological polar surface area (TPSA) is 44.7 Å². The third-order valence-electron chi connectivity index (χ3n) is 2.77. The Morgan fingerprint density at radius 3 is 2.56 bits per heavy atom. The van der Waals surface area contributed by atoms with E-state index in [9.17, 15) is 18.3 Å². The van der Waals surface area contributed by atoms with Crippen LogP contribution in [0.3, 0.4) is 0 Å². The van der Waals surface area contributed by atoms with Crippen molar-refractivity contribution in [1.29, 1.82) is 0 Å². The van der Waals surface area contributed by atoms with Gasteiger partial charge in [0.15, 0.2) is 0 Å². The first-order valence-corrected chi connectivity index (χ1v) is 6.23. The molecule has 0 aromatic carbocycles. The van der Waals surface area contributed by atoms with Crippen LogP contribution in [0.4, 0.5) is 13.2 Å². The van der Waals surface area contributed by atoms with E-state index in [2.05, 4.69) is 10.2 Å². The summed E-state index contributed by atoms with van der Waals surface area (Å²) in [6, 6.07) is 0. The van der Waals surface area contributed by atoms with Crippen molar-refractivity contribution in [3.05, 3.63) is 0 Å². The molecule has 1 aliphatic heterocycles. The number of morpholine rings is 1. The number of β-amino-alcohol motifs (C(OH)–C–C–N with tert-alkyl or cyclic N) is 1. The van der Waals surface area contributed by atoms with E-state index in [1.165, 1.54) is 0 Å². The van der Waals surface area contributed by atoms with Crippen molar-refractivity contribution in [2.75, 3.05) is 45.9 Å². The van der Waals surface area contributed by atoms with Crippen molar-refractivity contribution in [3.8, 4) is 0 Å². The van der Waals surface area contributed by atoms with Crippen molar-refractivity contribution in [3.63, 3.8) is 0 Å². The van der Waals surface area contributed by atoms with Crippen molar-refractivity contribution in [2.24, 2.45) is 0 Å². The Balaban J connectivity index is 1.97. The summed E-state index contributed by atoms with van der Waals surface area (Å²) in [6.07, 6.45) is -5.37. The number of aliphatic hydroxyl groups is 1. The Morgan fingerprint density at radius 2 is 1.94 bits per heavy atom. The molecule has 0 aliphatic carbocycles. The SMILES string of the molecule is OC(CNCCCC(F)(F)F)CN1CCOCC1. The van der Waals surface area contributed by atoms with E-state index < -0.39 is 18.7 Å². The van der Waals surface area contributed by atoms with Gasteiger partial charge in [0, 0.05) is 32.6 Å². The zero-order chi connectivity index (χ0) is 13.4. The Kier molecular flexibility index (Phi) is 6.91. The molecule has 0 aromatic heterocycles. The average Bonchev–Trinajstić information content (AvgIpc) is 2.28. The van der Waals surface area contributed by atoms with Crippen LogP contribution in [-0.4, -0.2) is 68.2 Å². The first-order chi connectivity index (χ1) is 8.47. The lowest BCUT2D eigenvalue weighted by Gasteiger charge is -2.28. The van der Waals surface area contributed by atoms with Crippen LogP contribution in [-0.2, 0) is 4.74 Å². The molecular formula is C11H21F3N2O2. The minimum atomic E-state index is -4.09. The number of hydrogen-bond donors (Lipinski definition) is 2. The fraction of sp³-hybridized carbons (Fsp3) is 1.00. The maximum Gasteiger partial charge on any atom is 0.389 e. The smallest absolute Gasteiger partial charge is 0.389 e. The van der Waals surface area contributed by atoms with Crippen molar-refractivity contribution >= 4 is 0 Å². The fourth-order valence-electron chi connectivity index (χ4n) is 1.83. The first-order valence-electron chi connectivity index (χ1n) is 6.23. The summed E-state index contributed by atoms with van der Waals surface area (Å²) in [5.41, 5.74) is 0. The molecule has 1 atom stereocenters. The van der Waals surface area contributed by atoms with E-state index in [-0.39, 0.29) is 13.0 Å². The molecule has 0 bridgehead atoms. The predicted octanol–water partition coefficient (Wildman–Crippen LogP) is 0.612. The highest BCUT2D eigenvalue weighted by molar-refractivity contribution is 4.69. The predicted molar refractivity (Wildman–Crippen MR) is 61.4 cm³/mol. The van der Waals surface area contributed by atoms with E-state index in [1.54, 1.807) is 0 Å². The minimum Gasteiger partial charge on any atom is -0.390 e. The maximum absolute atomic E-state index is 11.9. The van der Waals surface area contributed by atoms with Gasteiger partial charge in [0.05, 0.1) is 19.3 Å². The molecule has 1 rings (SSSR count). The van der Waals surface area contributed by atoms with Crippen molar-refractivity contribution < 1.29 is 23.0 Å². The van der Waals surface area contributed by atoms with Gasteiger partial charge in [-0.1, -0.05) is 0 Å². The third kappa shape index (κ3) is 7.86. The van der Waals surface area contributed by atoms with Crippen LogP contribution >= 0.6 is 0 Å². The van der Waals surface area contributed by atoms with Crippen LogP contribution < -0.4 is 5.32 Å². The van der Waals surface area contributed by atoms with Gasteiger partial charge in [0.1, 0.15) is 0 Å². The molecule has 4 nitrogen and oxygen atoms in total. The molecule has 0 amide bonds. The summed E-state index contributed by atoms with van der Waals surface area (Å²) in [4.78, 5) is 2.09. The van der Waals surface area contributed by atoms with E-state index in [1.807, 2.05) is 0 Å². The van der Waals surface area contributed by atoms with E-state index >= 15 is 0 Å². The summed E-state index contributed by atoms with van der Waals surface area (Å²) < 4.78 is 40.7. The highest BCUT2D eigenvalue weighted by Crippen LogP contribution is 2.20. The summed E-state index contributed by atoms with van der Waals surface area (Å²) in [7, 11) is 0. The van der Waals surface area contributed by atoms with Crippen LogP contribution in [0.1, 0.15) is 12.8 Å². The maximum atomic E-state index is 11.9. The quantitative estimate of drug-likeness (QED) is 0.665. The second-order valence-corrected chi connectivity index (χ2v) is 4.49. The number of aliphatic hydroxyl groups excluding tert-OH is 1. The van der Waals surface area contributed by atoms with Crippen molar-refractivity contribution in [1.82, 2.24) is 10.2 Å². The Hall–Kier alpha value is -0.370. The zero-order valence-electron chi connectivity index (χ0n) is 10.4. The second kappa shape index (κ2) is 7.93. The molecule has 1 heterocycles. The van der Waals surface area contributed by atoms with Gasteiger partial charge in [0.2, 0.25) is 0 Å². The molecule has 0 saturated carbocycles. The fourth-order valence-corrected chi connectivity index (χ4v) is 1.83. The van der Waals surface area contributed by atoms with Gasteiger partial charge in [-0.15, -0.1) is 0 Å². The standard InChI is InChI=1S/C11H21F3N2O2/c12-11(13,14)2-1-3-15-8-10(17)9-16-4-6-18-7-5-16/h10,15,17H,1-9H2. The van der Waals surface area contributed by atoms with Gasteiger partial charge in [0.25, 0.3) is 0 Å². The summed E-state index contributed by atoms with van der Waals surface area (Å²) >= 11 is 0. The highest BCUT2D eigenvalue weighted by Gasteiger charge is 2.25. The van der Waals surface area contributed by atoms with E-state index in [0.29, 0.717) is 26.3 Å². The van der Waals surface area contributed by atoms with Gasteiger partial charge in [-0.3, -0.25) is 4.90 Å². The number of rotatable bonds is 7. The Bertz CT molecular complexity index is 221.